The molecule has 0 unspecified atom stereocenters. The Kier molecular flexibility index (Phi) is 9.47. The summed E-state index contributed by atoms with van der Waals surface area (Å²) >= 11 is 18.4. The average Bonchev–Trinajstić information content (AvgIpc) is 2.69. The molecule has 4 nitrogen and oxygen atoms in total. The molecule has 0 aliphatic heterocycles. The summed E-state index contributed by atoms with van der Waals surface area (Å²) < 4.78 is 0. The first-order valence-corrected chi connectivity index (χ1v) is 11.2. The van der Waals surface area contributed by atoms with Crippen LogP contribution in [0.5, 0.6) is 0 Å². The number of nitrogens with zero attached hydrogens (tertiary/aromatic N) is 1. The highest BCUT2D eigenvalue weighted by Gasteiger charge is 2.29. The van der Waals surface area contributed by atoms with Gasteiger partial charge >= 0.3 is 0 Å². The van der Waals surface area contributed by atoms with Gasteiger partial charge in [0.2, 0.25) is 11.8 Å². The maximum Gasteiger partial charge on any atom is 0.243 e. The molecule has 7 heteroatoms. The van der Waals surface area contributed by atoms with Crippen molar-refractivity contribution in [1.29, 1.82) is 0 Å². The summed E-state index contributed by atoms with van der Waals surface area (Å²) in [4.78, 5) is 27.8. The summed E-state index contributed by atoms with van der Waals surface area (Å²) in [7, 11) is 0. The van der Waals surface area contributed by atoms with Crippen molar-refractivity contribution in [2.45, 2.75) is 58.7 Å². The van der Waals surface area contributed by atoms with Crippen molar-refractivity contribution in [2.75, 3.05) is 0 Å². The Morgan fingerprint density at radius 2 is 1.70 bits per heavy atom. The molecule has 162 valence electrons. The highest BCUT2D eigenvalue weighted by atomic mass is 35.5. The van der Waals surface area contributed by atoms with E-state index in [2.05, 4.69) is 5.32 Å². The summed E-state index contributed by atoms with van der Waals surface area (Å²) in [5, 5.41) is 4.53. The van der Waals surface area contributed by atoms with Crippen molar-refractivity contribution in [2.24, 2.45) is 0 Å². The predicted octanol–water partition coefficient (Wildman–Crippen LogP) is 5.91. The van der Waals surface area contributed by atoms with Gasteiger partial charge in [-0.3, -0.25) is 9.59 Å². The zero-order valence-electron chi connectivity index (χ0n) is 17.4. The summed E-state index contributed by atoms with van der Waals surface area (Å²) in [6, 6.07) is 11.7. The smallest absolute Gasteiger partial charge is 0.243 e. The number of hydrogen-bond donors (Lipinski definition) is 1. The molecule has 1 N–H and O–H groups in total. The van der Waals surface area contributed by atoms with Crippen LogP contribution in [-0.4, -0.2) is 28.8 Å². The Bertz CT molecular complexity index is 889. The lowest BCUT2D eigenvalue weighted by atomic mass is 10.1. The Hall–Kier alpha value is -1.75. The SMILES string of the molecule is CC[C@@H](C)NC(=O)[C@H](CC)N(Cc1ccc(Cl)cc1Cl)C(=O)Cc1cccc(Cl)c1. The van der Waals surface area contributed by atoms with Gasteiger partial charge in [0.15, 0.2) is 0 Å². The Morgan fingerprint density at radius 1 is 1.00 bits per heavy atom. The number of nitrogens with one attached hydrogen (secondary N) is 1. The lowest BCUT2D eigenvalue weighted by molar-refractivity contribution is -0.141. The van der Waals surface area contributed by atoms with E-state index in [0.29, 0.717) is 21.5 Å². The van der Waals surface area contributed by atoms with Crippen LogP contribution in [-0.2, 0) is 22.6 Å². The first-order valence-electron chi connectivity index (χ1n) is 10.0. The second-order valence-electron chi connectivity index (χ2n) is 7.31. The zero-order chi connectivity index (χ0) is 22.3. The normalized spacial score (nSPS) is 12.9. The van der Waals surface area contributed by atoms with E-state index in [-0.39, 0.29) is 30.8 Å². The first kappa shape index (κ1) is 24.5. The van der Waals surface area contributed by atoms with Crippen molar-refractivity contribution >= 4 is 46.6 Å². The molecule has 0 radical (unpaired) electrons. The number of carbonyl (C=O) groups excluding carboxylic acids is 2. The Labute approximate surface area is 193 Å². The fourth-order valence-corrected chi connectivity index (χ4v) is 3.80. The minimum absolute atomic E-state index is 0.0237. The van der Waals surface area contributed by atoms with Gasteiger partial charge in [-0.15, -0.1) is 0 Å². The second kappa shape index (κ2) is 11.6. The average molecular weight is 470 g/mol. The van der Waals surface area contributed by atoms with Crippen LogP contribution in [0.25, 0.3) is 0 Å². The van der Waals surface area contributed by atoms with Crippen molar-refractivity contribution in [1.82, 2.24) is 10.2 Å². The van der Waals surface area contributed by atoms with Gasteiger partial charge in [-0.25, -0.2) is 0 Å². The van der Waals surface area contributed by atoms with Gasteiger partial charge in [-0.2, -0.15) is 0 Å². The third kappa shape index (κ3) is 6.90. The maximum atomic E-state index is 13.3. The van der Waals surface area contributed by atoms with E-state index < -0.39 is 6.04 Å². The molecule has 0 spiro atoms. The van der Waals surface area contributed by atoms with E-state index in [4.69, 9.17) is 34.8 Å². The molecule has 0 heterocycles. The fraction of sp³-hybridized carbons (Fsp3) is 0.391. The van der Waals surface area contributed by atoms with Crippen LogP contribution in [0.3, 0.4) is 0 Å². The van der Waals surface area contributed by atoms with Crippen LogP contribution >= 0.6 is 34.8 Å². The van der Waals surface area contributed by atoms with Crippen molar-refractivity contribution in [3.8, 4) is 0 Å². The van der Waals surface area contributed by atoms with Gasteiger partial charge < -0.3 is 10.2 Å². The Morgan fingerprint density at radius 3 is 2.30 bits per heavy atom. The van der Waals surface area contributed by atoms with Gasteiger partial charge in [0.05, 0.1) is 6.42 Å². The molecule has 0 saturated carbocycles. The summed E-state index contributed by atoms with van der Waals surface area (Å²) in [5.74, 6) is -0.342. The van der Waals surface area contributed by atoms with Gasteiger partial charge in [0, 0.05) is 27.7 Å². The molecule has 2 aromatic rings. The third-order valence-corrected chi connectivity index (χ3v) is 5.81. The van der Waals surface area contributed by atoms with Crippen molar-refractivity contribution < 1.29 is 9.59 Å². The van der Waals surface area contributed by atoms with E-state index in [0.717, 1.165) is 17.5 Å². The molecule has 2 atom stereocenters. The largest absolute Gasteiger partial charge is 0.352 e. The van der Waals surface area contributed by atoms with Crippen LogP contribution in [0.1, 0.15) is 44.7 Å². The number of rotatable bonds is 9. The monoisotopic (exact) mass is 468 g/mol. The zero-order valence-corrected chi connectivity index (χ0v) is 19.7. The van der Waals surface area contributed by atoms with E-state index in [1.54, 1.807) is 41.3 Å². The van der Waals surface area contributed by atoms with Crippen molar-refractivity contribution in [3.63, 3.8) is 0 Å². The maximum absolute atomic E-state index is 13.3. The van der Waals surface area contributed by atoms with Crippen LogP contribution in [0, 0.1) is 0 Å². The minimum atomic E-state index is -0.613. The van der Waals surface area contributed by atoms with Crippen LogP contribution in [0.4, 0.5) is 0 Å². The molecule has 0 bridgehead atoms. The van der Waals surface area contributed by atoms with Crippen LogP contribution < -0.4 is 5.32 Å². The molecule has 0 aliphatic carbocycles. The van der Waals surface area contributed by atoms with Gasteiger partial charge in [-0.1, -0.05) is 66.8 Å². The third-order valence-electron chi connectivity index (χ3n) is 4.99. The molecule has 0 aromatic heterocycles. The van der Waals surface area contributed by atoms with Crippen LogP contribution in [0.15, 0.2) is 42.5 Å². The number of hydrogen-bond acceptors (Lipinski definition) is 2. The number of halogens is 3. The second-order valence-corrected chi connectivity index (χ2v) is 8.59. The van der Waals surface area contributed by atoms with E-state index in [9.17, 15) is 9.59 Å². The number of amides is 2. The summed E-state index contributed by atoms with van der Waals surface area (Å²) in [6.45, 7) is 6.05. The highest BCUT2D eigenvalue weighted by Crippen LogP contribution is 2.24. The Balaban J connectivity index is 2.34. The molecular formula is C23H27Cl3N2O2. The molecule has 0 aliphatic rings. The van der Waals surface area contributed by atoms with Crippen LogP contribution in [0.2, 0.25) is 15.1 Å². The molecule has 0 fully saturated rings. The van der Waals surface area contributed by atoms with E-state index >= 15 is 0 Å². The van der Waals surface area contributed by atoms with E-state index in [1.165, 1.54) is 0 Å². The fourth-order valence-electron chi connectivity index (χ4n) is 3.12. The lowest BCUT2D eigenvalue weighted by Crippen LogP contribution is -2.51. The summed E-state index contributed by atoms with van der Waals surface area (Å²) in [5.41, 5.74) is 1.52. The molecule has 2 aromatic carbocycles. The van der Waals surface area contributed by atoms with Gasteiger partial charge in [0.1, 0.15) is 6.04 Å². The predicted molar refractivity (Wildman–Crippen MR) is 124 cm³/mol. The van der Waals surface area contributed by atoms with Gasteiger partial charge in [-0.05, 0) is 55.2 Å². The number of carbonyl (C=O) groups is 2. The highest BCUT2D eigenvalue weighted by molar-refractivity contribution is 6.35. The minimum Gasteiger partial charge on any atom is -0.352 e. The lowest BCUT2D eigenvalue weighted by Gasteiger charge is -2.32. The molecule has 2 amide bonds. The topological polar surface area (TPSA) is 49.4 Å². The molecule has 2 rings (SSSR count). The standard InChI is InChI=1S/C23H27Cl3N2O2/c1-4-15(3)27-23(30)21(5-2)28(14-17-9-10-19(25)13-20(17)26)22(29)12-16-7-6-8-18(24)11-16/h6-11,13,15,21H,4-5,12,14H2,1-3H3,(H,27,30)/t15-,21+/m1/s1. The van der Waals surface area contributed by atoms with E-state index in [1.807, 2.05) is 26.8 Å². The summed E-state index contributed by atoms with van der Waals surface area (Å²) in [6.07, 6.45) is 1.43. The van der Waals surface area contributed by atoms with Crippen molar-refractivity contribution in [3.05, 3.63) is 68.7 Å². The number of benzene rings is 2. The van der Waals surface area contributed by atoms with Gasteiger partial charge in [0.25, 0.3) is 0 Å². The quantitative estimate of drug-likeness (QED) is 0.496. The molecular weight excluding hydrogens is 443 g/mol. The molecule has 0 saturated heterocycles. The first-order chi connectivity index (χ1) is 14.2. The molecule has 30 heavy (non-hydrogen) atoms.